The van der Waals surface area contributed by atoms with Gasteiger partial charge >= 0.3 is 0 Å². The number of carbonyl (C=O) groups is 1. The van der Waals surface area contributed by atoms with Gasteiger partial charge in [-0.1, -0.05) is 33.6 Å². The third-order valence-electron chi connectivity index (χ3n) is 10.6. The third-order valence-corrected chi connectivity index (χ3v) is 10.6. The summed E-state index contributed by atoms with van der Waals surface area (Å²) >= 11 is 0. The zero-order chi connectivity index (χ0) is 19.9. The Bertz CT molecular complexity index is 573. The van der Waals surface area contributed by atoms with E-state index in [1.54, 1.807) is 0 Å². The van der Waals surface area contributed by atoms with Crippen molar-refractivity contribution in [2.75, 3.05) is 6.54 Å². The standard InChI is InChI=1S/C26H45NO/c1-18(7-9-20(28)14-17-27)22-11-12-23-21-10-8-19-6-4-5-15-25(19,2)24(21)13-16-26(22,23)3/h18-19,21-24H,4-17,27H2,1-3H3/t18?,19?,21-,22+,23-,24-,25-,26+/m0/s1. The van der Waals surface area contributed by atoms with E-state index in [1.165, 1.54) is 64.2 Å². The molecule has 4 rings (SSSR count). The SMILES string of the molecule is CC(CCC(=O)CCN)[C@H]1CC[C@H]2[C@@H]3CCC4CCCC[C@]4(C)[C@H]3CC[C@]12C. The smallest absolute Gasteiger partial charge is 0.134 e. The summed E-state index contributed by atoms with van der Waals surface area (Å²) in [6.45, 7) is 8.30. The molecule has 8 atom stereocenters. The first kappa shape index (κ1) is 20.9. The molecule has 4 aliphatic carbocycles. The number of rotatable bonds is 6. The number of fused-ring (bicyclic) bond motifs is 5. The first-order valence-corrected chi connectivity index (χ1v) is 12.6. The Morgan fingerprint density at radius 3 is 2.50 bits per heavy atom. The molecule has 0 amide bonds. The average molecular weight is 388 g/mol. The minimum atomic E-state index is 0.376. The van der Waals surface area contributed by atoms with Crippen molar-refractivity contribution in [2.24, 2.45) is 52.1 Å². The summed E-state index contributed by atoms with van der Waals surface area (Å²) in [6.07, 6.45) is 17.2. The van der Waals surface area contributed by atoms with Crippen LogP contribution in [-0.2, 0) is 4.79 Å². The Hall–Kier alpha value is -0.370. The van der Waals surface area contributed by atoms with Gasteiger partial charge in [-0.2, -0.15) is 0 Å². The highest BCUT2D eigenvalue weighted by Gasteiger charge is 2.60. The van der Waals surface area contributed by atoms with Crippen molar-refractivity contribution >= 4 is 5.78 Å². The van der Waals surface area contributed by atoms with E-state index in [4.69, 9.17) is 5.73 Å². The molecule has 4 aliphatic rings. The molecule has 2 heteroatoms. The predicted octanol–water partition coefficient (Wildman–Crippen LogP) is 6.37. The molecule has 0 radical (unpaired) electrons. The van der Waals surface area contributed by atoms with Crippen LogP contribution in [0.3, 0.4) is 0 Å². The van der Waals surface area contributed by atoms with Crippen LogP contribution in [0.5, 0.6) is 0 Å². The molecular formula is C26H45NO. The van der Waals surface area contributed by atoms with Gasteiger partial charge in [0.15, 0.2) is 0 Å². The second kappa shape index (κ2) is 8.05. The van der Waals surface area contributed by atoms with Crippen LogP contribution < -0.4 is 5.73 Å². The van der Waals surface area contributed by atoms with Crippen LogP contribution in [0.15, 0.2) is 0 Å². The molecule has 2 N–H and O–H groups in total. The molecule has 0 aliphatic heterocycles. The zero-order valence-electron chi connectivity index (χ0n) is 18.8. The maximum absolute atomic E-state index is 12.0. The van der Waals surface area contributed by atoms with E-state index in [2.05, 4.69) is 20.8 Å². The quantitative estimate of drug-likeness (QED) is 0.575. The summed E-state index contributed by atoms with van der Waals surface area (Å²) in [5.41, 5.74) is 6.76. The van der Waals surface area contributed by atoms with Crippen molar-refractivity contribution < 1.29 is 4.79 Å². The van der Waals surface area contributed by atoms with Gasteiger partial charge in [0, 0.05) is 12.8 Å². The van der Waals surface area contributed by atoms with Crippen LogP contribution in [0.2, 0.25) is 0 Å². The number of hydrogen-bond acceptors (Lipinski definition) is 2. The molecule has 0 aromatic carbocycles. The number of nitrogens with two attached hydrogens (primary N) is 1. The Morgan fingerprint density at radius 1 is 0.929 bits per heavy atom. The maximum Gasteiger partial charge on any atom is 0.134 e. The molecule has 0 bridgehead atoms. The van der Waals surface area contributed by atoms with E-state index in [0.29, 0.717) is 35.5 Å². The van der Waals surface area contributed by atoms with Crippen LogP contribution in [0, 0.1) is 46.3 Å². The summed E-state index contributed by atoms with van der Waals surface area (Å²) in [5, 5.41) is 0. The second-order valence-corrected chi connectivity index (χ2v) is 11.7. The molecular weight excluding hydrogens is 342 g/mol. The fourth-order valence-electron chi connectivity index (χ4n) is 9.15. The number of carbonyl (C=O) groups excluding carboxylic acids is 1. The normalized spacial score (nSPS) is 46.4. The van der Waals surface area contributed by atoms with Crippen molar-refractivity contribution in [3.8, 4) is 0 Å². The van der Waals surface area contributed by atoms with Gasteiger partial charge < -0.3 is 5.73 Å². The Labute approximate surface area is 173 Å². The molecule has 0 aromatic rings. The molecule has 0 saturated heterocycles. The van der Waals surface area contributed by atoms with Gasteiger partial charge in [-0.05, 0) is 111 Å². The van der Waals surface area contributed by atoms with E-state index in [-0.39, 0.29) is 0 Å². The highest BCUT2D eigenvalue weighted by Crippen LogP contribution is 2.68. The summed E-state index contributed by atoms with van der Waals surface area (Å²) in [7, 11) is 0. The molecule has 2 unspecified atom stereocenters. The lowest BCUT2D eigenvalue weighted by molar-refractivity contribution is -0.120. The monoisotopic (exact) mass is 387 g/mol. The van der Waals surface area contributed by atoms with E-state index in [9.17, 15) is 4.79 Å². The highest BCUT2D eigenvalue weighted by molar-refractivity contribution is 5.78. The van der Waals surface area contributed by atoms with Crippen molar-refractivity contribution in [1.82, 2.24) is 0 Å². The minimum Gasteiger partial charge on any atom is -0.330 e. The van der Waals surface area contributed by atoms with Gasteiger partial charge in [0.1, 0.15) is 5.78 Å². The summed E-state index contributed by atoms with van der Waals surface area (Å²) in [4.78, 5) is 12.0. The average Bonchev–Trinajstić information content (AvgIpc) is 3.03. The van der Waals surface area contributed by atoms with Crippen LogP contribution in [0.4, 0.5) is 0 Å². The van der Waals surface area contributed by atoms with E-state index < -0.39 is 0 Å². The molecule has 0 aromatic heterocycles. The maximum atomic E-state index is 12.0. The summed E-state index contributed by atoms with van der Waals surface area (Å²) < 4.78 is 0. The van der Waals surface area contributed by atoms with Crippen LogP contribution >= 0.6 is 0 Å². The number of Topliss-reactive ketones (excluding diaryl/α,β-unsaturated/α-hetero) is 1. The first-order valence-electron chi connectivity index (χ1n) is 12.6. The lowest BCUT2D eigenvalue weighted by atomic mass is 9.44. The topological polar surface area (TPSA) is 43.1 Å². The molecule has 4 fully saturated rings. The van der Waals surface area contributed by atoms with E-state index >= 15 is 0 Å². The molecule has 0 spiro atoms. The Balaban J connectivity index is 1.45. The van der Waals surface area contributed by atoms with Gasteiger partial charge in [-0.25, -0.2) is 0 Å². The zero-order valence-corrected chi connectivity index (χ0v) is 18.8. The van der Waals surface area contributed by atoms with Crippen LogP contribution in [0.25, 0.3) is 0 Å². The molecule has 160 valence electrons. The summed E-state index contributed by atoms with van der Waals surface area (Å²) in [5.74, 6) is 5.88. The van der Waals surface area contributed by atoms with Gasteiger partial charge in [-0.3, -0.25) is 4.79 Å². The van der Waals surface area contributed by atoms with Gasteiger partial charge in [0.05, 0.1) is 0 Å². The van der Waals surface area contributed by atoms with E-state index in [0.717, 1.165) is 42.4 Å². The largest absolute Gasteiger partial charge is 0.330 e. The molecule has 2 nitrogen and oxygen atoms in total. The third kappa shape index (κ3) is 3.40. The van der Waals surface area contributed by atoms with Gasteiger partial charge in [0.2, 0.25) is 0 Å². The van der Waals surface area contributed by atoms with Crippen molar-refractivity contribution in [2.45, 2.75) is 104 Å². The molecule has 4 saturated carbocycles. The highest BCUT2D eigenvalue weighted by atomic mass is 16.1. The lowest BCUT2D eigenvalue weighted by Gasteiger charge is -2.61. The fraction of sp³-hybridized carbons (Fsp3) is 0.962. The molecule has 0 heterocycles. The number of hydrogen-bond donors (Lipinski definition) is 1. The predicted molar refractivity (Wildman–Crippen MR) is 117 cm³/mol. The van der Waals surface area contributed by atoms with Crippen molar-refractivity contribution in [3.05, 3.63) is 0 Å². The lowest BCUT2D eigenvalue weighted by Crippen LogP contribution is -2.53. The Morgan fingerprint density at radius 2 is 1.71 bits per heavy atom. The van der Waals surface area contributed by atoms with Crippen LogP contribution in [0.1, 0.15) is 104 Å². The minimum absolute atomic E-state index is 0.376. The van der Waals surface area contributed by atoms with Gasteiger partial charge in [0.25, 0.3) is 0 Å². The van der Waals surface area contributed by atoms with E-state index in [1.807, 2.05) is 0 Å². The number of ketones is 1. The molecule has 28 heavy (non-hydrogen) atoms. The second-order valence-electron chi connectivity index (χ2n) is 11.7. The van der Waals surface area contributed by atoms with Crippen LogP contribution in [-0.4, -0.2) is 12.3 Å². The Kier molecular flexibility index (Phi) is 6.00. The summed E-state index contributed by atoms with van der Waals surface area (Å²) in [6, 6.07) is 0. The first-order chi connectivity index (χ1) is 13.4. The van der Waals surface area contributed by atoms with Crippen molar-refractivity contribution in [3.63, 3.8) is 0 Å². The van der Waals surface area contributed by atoms with Crippen molar-refractivity contribution in [1.29, 1.82) is 0 Å². The fourth-order valence-corrected chi connectivity index (χ4v) is 9.15. The van der Waals surface area contributed by atoms with Gasteiger partial charge in [-0.15, -0.1) is 0 Å².